The summed E-state index contributed by atoms with van der Waals surface area (Å²) in [5.41, 5.74) is 0.706. The molecule has 1 amide bonds. The van der Waals surface area contributed by atoms with Crippen LogP contribution in [0, 0.1) is 0 Å². The standard InChI is InChI=1S/C20H24N2O6S/c1-5-28-20(24)17-11-6-7-12-18(17)21-19(23)14(2)22(29(4,25)26)15-9-8-10-16(13-15)27-3/h6-14H,5H2,1-4H3,(H,21,23)/t14-/m0/s1. The van der Waals surface area contributed by atoms with E-state index in [4.69, 9.17) is 9.47 Å². The van der Waals surface area contributed by atoms with Crippen LogP contribution in [0.3, 0.4) is 0 Å². The highest BCUT2D eigenvalue weighted by Crippen LogP contribution is 2.26. The van der Waals surface area contributed by atoms with Crippen LogP contribution in [0.25, 0.3) is 0 Å². The second-order valence-corrected chi connectivity index (χ2v) is 8.05. The molecular weight excluding hydrogens is 396 g/mol. The van der Waals surface area contributed by atoms with Gasteiger partial charge in [-0.3, -0.25) is 9.10 Å². The minimum Gasteiger partial charge on any atom is -0.497 e. The molecule has 0 spiro atoms. The number of nitrogens with one attached hydrogen (secondary N) is 1. The van der Waals surface area contributed by atoms with Crippen LogP contribution in [-0.4, -0.2) is 46.3 Å². The maximum absolute atomic E-state index is 12.9. The molecule has 0 bridgehead atoms. The van der Waals surface area contributed by atoms with E-state index in [0.717, 1.165) is 10.6 Å². The van der Waals surface area contributed by atoms with Crippen molar-refractivity contribution >= 4 is 33.3 Å². The third-order valence-electron chi connectivity index (χ3n) is 4.08. The molecule has 0 heterocycles. The van der Waals surface area contributed by atoms with Crippen molar-refractivity contribution in [1.82, 2.24) is 0 Å². The predicted molar refractivity (Wildman–Crippen MR) is 111 cm³/mol. The summed E-state index contributed by atoms with van der Waals surface area (Å²) in [6.07, 6.45) is 1.02. The van der Waals surface area contributed by atoms with Crippen molar-refractivity contribution in [2.45, 2.75) is 19.9 Å². The number of para-hydroxylation sites is 1. The normalized spacial score (nSPS) is 12.0. The Hall–Kier alpha value is -3.07. The molecule has 0 saturated carbocycles. The first-order valence-electron chi connectivity index (χ1n) is 8.89. The Balaban J connectivity index is 2.35. The number of nitrogens with zero attached hydrogens (tertiary/aromatic N) is 1. The van der Waals surface area contributed by atoms with Gasteiger partial charge in [-0.25, -0.2) is 13.2 Å². The van der Waals surface area contributed by atoms with Crippen LogP contribution in [0.4, 0.5) is 11.4 Å². The summed E-state index contributed by atoms with van der Waals surface area (Å²) in [6.45, 7) is 3.33. The van der Waals surface area contributed by atoms with Crippen molar-refractivity contribution in [3.8, 4) is 5.75 Å². The topological polar surface area (TPSA) is 102 Å². The zero-order chi connectivity index (χ0) is 21.6. The summed E-state index contributed by atoms with van der Waals surface area (Å²) >= 11 is 0. The van der Waals surface area contributed by atoms with Crippen molar-refractivity contribution < 1.29 is 27.5 Å². The highest BCUT2D eigenvalue weighted by molar-refractivity contribution is 7.92. The molecule has 9 heteroatoms. The molecule has 156 valence electrons. The molecule has 0 fully saturated rings. The van der Waals surface area contributed by atoms with Gasteiger partial charge >= 0.3 is 5.97 Å². The van der Waals surface area contributed by atoms with E-state index in [-0.39, 0.29) is 23.5 Å². The summed E-state index contributed by atoms with van der Waals surface area (Å²) in [6, 6.07) is 11.7. The van der Waals surface area contributed by atoms with Crippen LogP contribution in [0.2, 0.25) is 0 Å². The van der Waals surface area contributed by atoms with Crippen LogP contribution >= 0.6 is 0 Å². The lowest BCUT2D eigenvalue weighted by molar-refractivity contribution is -0.116. The number of methoxy groups -OCH3 is 1. The third kappa shape index (κ3) is 5.47. The number of anilines is 2. The molecule has 0 saturated heterocycles. The lowest BCUT2D eigenvalue weighted by Gasteiger charge is -2.28. The minimum absolute atomic E-state index is 0.183. The van der Waals surface area contributed by atoms with Gasteiger partial charge in [0.25, 0.3) is 0 Å². The van der Waals surface area contributed by atoms with E-state index >= 15 is 0 Å². The molecule has 8 nitrogen and oxygen atoms in total. The maximum Gasteiger partial charge on any atom is 0.340 e. The van der Waals surface area contributed by atoms with E-state index in [1.165, 1.54) is 26.2 Å². The van der Waals surface area contributed by atoms with E-state index in [9.17, 15) is 18.0 Å². The fraction of sp³-hybridized carbons (Fsp3) is 0.300. The maximum atomic E-state index is 12.9. The Bertz CT molecular complexity index is 990. The van der Waals surface area contributed by atoms with Gasteiger partial charge in [-0.1, -0.05) is 18.2 Å². The monoisotopic (exact) mass is 420 g/mol. The molecule has 0 aliphatic rings. The van der Waals surface area contributed by atoms with Crippen molar-refractivity contribution in [2.24, 2.45) is 0 Å². The van der Waals surface area contributed by atoms with Crippen molar-refractivity contribution in [3.63, 3.8) is 0 Å². The second kappa shape index (κ2) is 9.42. The largest absolute Gasteiger partial charge is 0.497 e. The highest BCUT2D eigenvalue weighted by Gasteiger charge is 2.30. The number of amides is 1. The molecule has 1 N–H and O–H groups in total. The average molecular weight is 420 g/mol. The Morgan fingerprint density at radius 1 is 1.14 bits per heavy atom. The van der Waals surface area contributed by atoms with Gasteiger partial charge in [0.15, 0.2) is 0 Å². The number of hydrogen-bond acceptors (Lipinski definition) is 6. The van der Waals surface area contributed by atoms with Crippen LogP contribution in [0.15, 0.2) is 48.5 Å². The Kier molecular flexibility index (Phi) is 7.22. The number of rotatable bonds is 8. The van der Waals surface area contributed by atoms with Crippen molar-refractivity contribution in [1.29, 1.82) is 0 Å². The molecule has 2 aromatic rings. The number of carbonyl (C=O) groups excluding carboxylic acids is 2. The van der Waals surface area contributed by atoms with Gasteiger partial charge in [0.05, 0.1) is 36.9 Å². The summed E-state index contributed by atoms with van der Waals surface area (Å²) in [5.74, 6) is -0.727. The molecule has 2 rings (SSSR count). The van der Waals surface area contributed by atoms with Crippen LogP contribution in [-0.2, 0) is 19.6 Å². The lowest BCUT2D eigenvalue weighted by atomic mass is 10.1. The number of sulfonamides is 1. The smallest absolute Gasteiger partial charge is 0.340 e. The number of hydrogen-bond donors (Lipinski definition) is 1. The number of benzene rings is 2. The fourth-order valence-electron chi connectivity index (χ4n) is 2.77. The molecule has 0 aromatic heterocycles. The van der Waals surface area contributed by atoms with Crippen molar-refractivity contribution in [2.75, 3.05) is 29.6 Å². The van der Waals surface area contributed by atoms with Gasteiger partial charge < -0.3 is 14.8 Å². The minimum atomic E-state index is -3.79. The SMILES string of the molecule is CCOC(=O)c1ccccc1NC(=O)[C@H](C)N(c1cccc(OC)c1)S(C)(=O)=O. The Morgan fingerprint density at radius 3 is 2.45 bits per heavy atom. The first kappa shape index (κ1) is 22.2. The van der Waals surface area contributed by atoms with Gasteiger partial charge in [-0.2, -0.15) is 0 Å². The van der Waals surface area contributed by atoms with Crippen LogP contribution < -0.4 is 14.4 Å². The first-order valence-corrected chi connectivity index (χ1v) is 10.7. The molecular formula is C20H24N2O6S. The molecule has 1 atom stereocenters. The molecule has 0 aliphatic carbocycles. The quantitative estimate of drug-likeness (QED) is 0.659. The summed E-state index contributed by atoms with van der Waals surface area (Å²) in [7, 11) is -2.32. The average Bonchev–Trinajstić information content (AvgIpc) is 2.67. The summed E-state index contributed by atoms with van der Waals surface area (Å²) < 4.78 is 36.0. The fourth-order valence-corrected chi connectivity index (χ4v) is 3.94. The van der Waals surface area contributed by atoms with E-state index in [1.807, 2.05) is 0 Å². The predicted octanol–water partition coefficient (Wildman–Crippen LogP) is 2.67. The van der Waals surface area contributed by atoms with E-state index in [2.05, 4.69) is 5.32 Å². The number of ether oxygens (including phenoxy) is 2. The zero-order valence-corrected chi connectivity index (χ0v) is 17.5. The Morgan fingerprint density at radius 2 is 1.83 bits per heavy atom. The van der Waals surface area contributed by atoms with E-state index in [1.54, 1.807) is 43.3 Å². The molecule has 0 aliphatic heterocycles. The highest BCUT2D eigenvalue weighted by atomic mass is 32.2. The second-order valence-electron chi connectivity index (χ2n) is 6.19. The number of carbonyl (C=O) groups is 2. The Labute approximate surface area is 170 Å². The zero-order valence-electron chi connectivity index (χ0n) is 16.7. The molecule has 29 heavy (non-hydrogen) atoms. The summed E-state index contributed by atoms with van der Waals surface area (Å²) in [4.78, 5) is 25.0. The van der Waals surface area contributed by atoms with E-state index < -0.39 is 27.9 Å². The molecule has 2 aromatic carbocycles. The first-order chi connectivity index (χ1) is 13.7. The van der Waals surface area contributed by atoms with Gasteiger partial charge in [0.2, 0.25) is 15.9 Å². The summed E-state index contributed by atoms with van der Waals surface area (Å²) in [5, 5.41) is 2.62. The van der Waals surface area contributed by atoms with Crippen LogP contribution in [0.1, 0.15) is 24.2 Å². The van der Waals surface area contributed by atoms with E-state index in [0.29, 0.717) is 5.75 Å². The van der Waals surface area contributed by atoms with Gasteiger partial charge in [-0.15, -0.1) is 0 Å². The van der Waals surface area contributed by atoms with Gasteiger partial charge in [0.1, 0.15) is 11.8 Å². The molecule has 0 radical (unpaired) electrons. The van der Waals surface area contributed by atoms with Crippen LogP contribution in [0.5, 0.6) is 5.75 Å². The molecule has 0 unspecified atom stereocenters. The van der Waals surface area contributed by atoms with Gasteiger partial charge in [-0.05, 0) is 38.1 Å². The van der Waals surface area contributed by atoms with Gasteiger partial charge in [0, 0.05) is 6.07 Å². The lowest BCUT2D eigenvalue weighted by Crippen LogP contribution is -2.45. The van der Waals surface area contributed by atoms with Crippen molar-refractivity contribution in [3.05, 3.63) is 54.1 Å². The number of esters is 1. The third-order valence-corrected chi connectivity index (χ3v) is 5.32.